The van der Waals surface area contributed by atoms with E-state index in [-0.39, 0.29) is 5.46 Å². The Balaban J connectivity index is 2.13. The summed E-state index contributed by atoms with van der Waals surface area (Å²) in [6, 6.07) is 0.248. The minimum Gasteiger partial charge on any atom is -0.399 e. The Bertz CT molecular complexity index is 879. The molecule has 0 radical (unpaired) electrons. The molecule has 0 aromatic heterocycles. The third-order valence-electron chi connectivity index (χ3n) is 5.41. The lowest BCUT2D eigenvalue weighted by Crippen LogP contribution is -2.52. The average Bonchev–Trinajstić information content (AvgIpc) is 2.80. The van der Waals surface area contributed by atoms with Gasteiger partial charge in [0.25, 0.3) is 0 Å². The number of guanidine groups is 1. The molecule has 0 saturated carbocycles. The summed E-state index contributed by atoms with van der Waals surface area (Å²) in [4.78, 5) is 4.12. The molecule has 164 valence electrons. The Kier molecular flexibility index (Phi) is 5.18. The fourth-order valence-corrected chi connectivity index (χ4v) is 3.09. The quantitative estimate of drug-likeness (QED) is 0.570. The van der Waals surface area contributed by atoms with Gasteiger partial charge in [0.2, 0.25) is 5.96 Å². The van der Waals surface area contributed by atoms with E-state index in [0.717, 1.165) is 18.3 Å². The zero-order valence-electron chi connectivity index (χ0n) is 16.6. The molecule has 0 aliphatic carbocycles. The third-order valence-corrected chi connectivity index (χ3v) is 5.41. The minimum atomic E-state index is -4.82. The first-order chi connectivity index (χ1) is 13.5. The molecule has 2 aliphatic heterocycles. The van der Waals surface area contributed by atoms with E-state index in [1.807, 2.05) is 0 Å². The summed E-state index contributed by atoms with van der Waals surface area (Å²) in [7, 11) is -1.21. The van der Waals surface area contributed by atoms with Crippen molar-refractivity contribution in [1.82, 2.24) is 0 Å². The first-order valence-corrected chi connectivity index (χ1v) is 8.97. The fourth-order valence-electron chi connectivity index (χ4n) is 3.09. The molecule has 3 rings (SSSR count). The molecule has 1 unspecified atom stereocenters. The van der Waals surface area contributed by atoms with Crippen LogP contribution in [0.1, 0.15) is 33.3 Å². The van der Waals surface area contributed by atoms with Gasteiger partial charge in [-0.2, -0.15) is 26.3 Å². The number of nitrogens with two attached hydrogens (primary N) is 1. The van der Waals surface area contributed by atoms with Crippen LogP contribution in [0, 0.1) is 0 Å². The molecule has 1 aromatic rings. The molecule has 12 heteroatoms. The average molecular weight is 435 g/mol. The largest absolute Gasteiger partial charge is 0.494 e. The smallest absolute Gasteiger partial charge is 0.399 e. The van der Waals surface area contributed by atoms with Crippen LogP contribution in [0.25, 0.3) is 0 Å². The molecule has 1 atom stereocenters. The fraction of sp³-hybridized carbons (Fsp3) is 0.500. The number of hydrogen-bond acceptors (Lipinski definition) is 5. The second-order valence-electron chi connectivity index (χ2n) is 8.08. The van der Waals surface area contributed by atoms with Gasteiger partial charge < -0.3 is 15.0 Å². The van der Waals surface area contributed by atoms with E-state index >= 15 is 0 Å². The lowest BCUT2D eigenvalue weighted by Gasteiger charge is -2.34. The van der Waals surface area contributed by atoms with Crippen molar-refractivity contribution in [3.05, 3.63) is 36.0 Å². The van der Waals surface area contributed by atoms with Crippen molar-refractivity contribution >= 4 is 24.2 Å². The van der Waals surface area contributed by atoms with Crippen molar-refractivity contribution < 1.29 is 35.7 Å². The van der Waals surface area contributed by atoms with Crippen LogP contribution in [-0.2, 0) is 15.5 Å². The van der Waals surface area contributed by atoms with Crippen LogP contribution in [0.15, 0.2) is 35.5 Å². The highest BCUT2D eigenvalue weighted by molar-refractivity contribution is 6.62. The number of hydrogen-bond donors (Lipinski definition) is 1. The van der Waals surface area contributed by atoms with Gasteiger partial charge in [0.15, 0.2) is 6.04 Å². The van der Waals surface area contributed by atoms with Crippen molar-refractivity contribution in [2.75, 3.05) is 4.90 Å². The molecule has 1 saturated heterocycles. The molecule has 0 spiro atoms. The maximum absolute atomic E-state index is 13.5. The molecule has 1 aromatic carbocycles. The van der Waals surface area contributed by atoms with Gasteiger partial charge in [-0.1, -0.05) is 6.07 Å². The summed E-state index contributed by atoms with van der Waals surface area (Å²) in [5, 5.41) is 0. The topological polar surface area (TPSA) is 60.1 Å². The Labute approximate surface area is 169 Å². The van der Waals surface area contributed by atoms with E-state index in [4.69, 9.17) is 15.0 Å². The van der Waals surface area contributed by atoms with Crippen LogP contribution in [0.3, 0.4) is 0 Å². The van der Waals surface area contributed by atoms with Gasteiger partial charge in [-0.25, -0.2) is 4.99 Å². The van der Waals surface area contributed by atoms with Crippen LogP contribution in [0.4, 0.5) is 32.0 Å². The molecular weight excluding hydrogens is 415 g/mol. The maximum Gasteiger partial charge on any atom is 0.494 e. The number of nitrogens with zero attached hydrogens (tertiary/aromatic N) is 2. The number of aliphatic imine (C=N–C) groups is 1. The van der Waals surface area contributed by atoms with E-state index in [1.54, 1.807) is 27.7 Å². The van der Waals surface area contributed by atoms with Crippen molar-refractivity contribution in [2.45, 2.75) is 57.3 Å². The summed E-state index contributed by atoms with van der Waals surface area (Å²) in [6.07, 6.45) is -8.03. The van der Waals surface area contributed by atoms with Crippen molar-refractivity contribution in [3.8, 4) is 0 Å². The van der Waals surface area contributed by atoms with Gasteiger partial charge in [-0.15, -0.1) is 0 Å². The minimum absolute atomic E-state index is 0.0817. The maximum atomic E-state index is 13.5. The molecule has 1 fully saturated rings. The van der Waals surface area contributed by atoms with Crippen LogP contribution in [-0.4, -0.2) is 36.5 Å². The molecule has 30 heavy (non-hydrogen) atoms. The number of anilines is 1. The summed E-state index contributed by atoms with van der Waals surface area (Å²) < 4.78 is 92.7. The first kappa shape index (κ1) is 22.5. The summed E-state index contributed by atoms with van der Waals surface area (Å²) in [5.74, 6) is -0.584. The van der Waals surface area contributed by atoms with E-state index in [9.17, 15) is 26.3 Å². The van der Waals surface area contributed by atoms with Gasteiger partial charge in [0.05, 0.1) is 16.8 Å². The first-order valence-electron chi connectivity index (χ1n) is 8.97. The van der Waals surface area contributed by atoms with Crippen molar-refractivity contribution in [1.29, 1.82) is 0 Å². The summed E-state index contributed by atoms with van der Waals surface area (Å²) in [6.45, 7) is 6.84. The Morgan fingerprint density at radius 2 is 1.57 bits per heavy atom. The van der Waals surface area contributed by atoms with Gasteiger partial charge in [0, 0.05) is 11.9 Å². The van der Waals surface area contributed by atoms with Gasteiger partial charge >= 0.3 is 19.5 Å². The van der Waals surface area contributed by atoms with Crippen molar-refractivity contribution in [2.24, 2.45) is 10.7 Å². The molecule has 0 bridgehead atoms. The monoisotopic (exact) mass is 435 g/mol. The molecule has 0 amide bonds. The Hall–Kier alpha value is -2.21. The molecule has 2 heterocycles. The molecule has 5 nitrogen and oxygen atoms in total. The zero-order valence-corrected chi connectivity index (χ0v) is 16.6. The van der Waals surface area contributed by atoms with Gasteiger partial charge in [-0.3, -0.25) is 4.90 Å². The Morgan fingerprint density at radius 1 is 1.00 bits per heavy atom. The Morgan fingerprint density at radius 3 is 2.07 bits per heavy atom. The van der Waals surface area contributed by atoms with E-state index in [1.165, 1.54) is 0 Å². The van der Waals surface area contributed by atoms with Crippen molar-refractivity contribution in [3.63, 3.8) is 0 Å². The predicted molar refractivity (Wildman–Crippen MR) is 100 cm³/mol. The lowest BCUT2D eigenvalue weighted by atomic mass is 9.78. The standard InChI is InChI=1S/C18H20BF6N3O2/c1-15(2)16(3,4)30-19(29-15)11-7-10(17(20,21)22)8-12(9-11)28-13(18(23,24)25)5-6-27-14(28)26/h5-9,13H,1-4H3,(H2,26,27). The highest BCUT2D eigenvalue weighted by Crippen LogP contribution is 2.39. The number of rotatable bonds is 2. The van der Waals surface area contributed by atoms with Gasteiger partial charge in [-0.05, 0) is 51.4 Å². The molecule has 2 aliphatic rings. The number of halogens is 6. The normalized spacial score (nSPS) is 23.7. The van der Waals surface area contributed by atoms with E-state index < -0.39 is 53.9 Å². The summed E-state index contributed by atoms with van der Waals surface area (Å²) >= 11 is 0. The SMILES string of the molecule is CC1(C)OB(c2cc(N3C(N)=NC=CC3C(F)(F)F)cc(C(F)(F)F)c2)OC1(C)C. The summed E-state index contributed by atoms with van der Waals surface area (Å²) in [5.41, 5.74) is 2.25. The highest BCUT2D eigenvalue weighted by Gasteiger charge is 2.52. The van der Waals surface area contributed by atoms with E-state index in [2.05, 4.69) is 4.99 Å². The number of alkyl halides is 6. The van der Waals surface area contributed by atoms with Crippen LogP contribution >= 0.6 is 0 Å². The zero-order chi connectivity index (χ0) is 22.7. The third kappa shape index (κ3) is 4.02. The van der Waals surface area contributed by atoms with Crippen LogP contribution in [0.2, 0.25) is 0 Å². The van der Waals surface area contributed by atoms with E-state index in [0.29, 0.717) is 17.0 Å². The molecular formula is C18H20BF6N3O2. The number of benzene rings is 1. The second-order valence-corrected chi connectivity index (χ2v) is 8.08. The highest BCUT2D eigenvalue weighted by atomic mass is 19.4. The lowest BCUT2D eigenvalue weighted by molar-refractivity contribution is -0.137. The second kappa shape index (κ2) is 6.91. The van der Waals surface area contributed by atoms with Crippen LogP contribution in [0.5, 0.6) is 0 Å². The van der Waals surface area contributed by atoms with Crippen LogP contribution < -0.4 is 16.1 Å². The van der Waals surface area contributed by atoms with Gasteiger partial charge in [0.1, 0.15) is 0 Å². The molecule has 2 N–H and O–H groups in total. The predicted octanol–water partition coefficient (Wildman–Crippen LogP) is 3.58.